The van der Waals surface area contributed by atoms with Crippen LogP contribution in [0.5, 0.6) is 0 Å². The van der Waals surface area contributed by atoms with Crippen molar-refractivity contribution >= 4 is 21.8 Å². The first-order valence-corrected chi connectivity index (χ1v) is 9.69. The van der Waals surface area contributed by atoms with E-state index >= 15 is 0 Å². The highest BCUT2D eigenvalue weighted by molar-refractivity contribution is 7.92. The number of carbonyl (C=O) groups excluding carboxylic acids is 1. The Labute approximate surface area is 138 Å². The first-order chi connectivity index (χ1) is 10.8. The number of rotatable bonds is 8. The third-order valence-electron chi connectivity index (χ3n) is 3.47. The number of carbonyl (C=O) groups is 1. The molecule has 0 spiro atoms. The van der Waals surface area contributed by atoms with Gasteiger partial charge < -0.3 is 10.1 Å². The second-order valence-corrected chi connectivity index (χ2v) is 7.02. The largest absolute Gasteiger partial charge is 0.450 e. The van der Waals surface area contributed by atoms with E-state index in [1.54, 1.807) is 6.92 Å². The summed E-state index contributed by atoms with van der Waals surface area (Å²) in [4.78, 5) is 11.4. The summed E-state index contributed by atoms with van der Waals surface area (Å²) in [5.74, 6) is 0. The number of para-hydroxylation sites is 1. The van der Waals surface area contributed by atoms with Gasteiger partial charge in [-0.25, -0.2) is 13.2 Å². The zero-order chi connectivity index (χ0) is 17.5. The third kappa shape index (κ3) is 5.42. The number of nitrogens with zero attached hydrogens (tertiary/aromatic N) is 1. The van der Waals surface area contributed by atoms with Crippen molar-refractivity contribution in [1.82, 2.24) is 5.32 Å². The van der Waals surface area contributed by atoms with Crippen LogP contribution in [0.25, 0.3) is 0 Å². The molecule has 23 heavy (non-hydrogen) atoms. The summed E-state index contributed by atoms with van der Waals surface area (Å²) in [5.41, 5.74) is 2.68. The lowest BCUT2D eigenvalue weighted by atomic mass is 10.0. The number of hydrogen-bond acceptors (Lipinski definition) is 4. The van der Waals surface area contributed by atoms with Crippen molar-refractivity contribution < 1.29 is 17.9 Å². The maximum atomic E-state index is 12.3. The Morgan fingerprint density at radius 3 is 2.17 bits per heavy atom. The molecule has 0 aromatic heterocycles. The normalized spacial score (nSPS) is 11.1. The number of sulfonamides is 1. The van der Waals surface area contributed by atoms with Gasteiger partial charge >= 0.3 is 6.09 Å². The summed E-state index contributed by atoms with van der Waals surface area (Å²) in [5, 5.41) is 2.56. The van der Waals surface area contributed by atoms with Crippen molar-refractivity contribution in [2.45, 2.75) is 33.6 Å². The molecule has 130 valence electrons. The fourth-order valence-corrected chi connectivity index (χ4v) is 3.41. The van der Waals surface area contributed by atoms with Crippen LogP contribution in [0.3, 0.4) is 0 Å². The highest BCUT2D eigenvalue weighted by Crippen LogP contribution is 2.28. The molecular weight excluding hydrogens is 316 g/mol. The zero-order valence-corrected chi connectivity index (χ0v) is 15.1. The standard InChI is InChI=1S/C16H26N2O4S/c1-5-13-9-8-10-14(6-2)15(13)18(23(4,20)21)12-11-17-16(19)22-7-3/h8-10H,5-7,11-12H2,1-4H3,(H,17,19). The van der Waals surface area contributed by atoms with Gasteiger partial charge in [-0.3, -0.25) is 4.31 Å². The van der Waals surface area contributed by atoms with Crippen molar-refractivity contribution in [2.24, 2.45) is 0 Å². The predicted molar refractivity (Wildman–Crippen MR) is 92.4 cm³/mol. The molecule has 1 aromatic carbocycles. The van der Waals surface area contributed by atoms with Crippen molar-refractivity contribution in [3.63, 3.8) is 0 Å². The summed E-state index contributed by atoms with van der Waals surface area (Å²) >= 11 is 0. The topological polar surface area (TPSA) is 75.7 Å². The highest BCUT2D eigenvalue weighted by atomic mass is 32.2. The Morgan fingerprint density at radius 1 is 1.17 bits per heavy atom. The van der Waals surface area contributed by atoms with E-state index in [4.69, 9.17) is 4.74 Å². The Hall–Kier alpha value is -1.76. The van der Waals surface area contributed by atoms with Gasteiger partial charge in [-0.05, 0) is 30.9 Å². The molecular formula is C16H26N2O4S. The van der Waals surface area contributed by atoms with Crippen LogP contribution in [0.15, 0.2) is 18.2 Å². The number of amides is 1. The van der Waals surface area contributed by atoms with E-state index in [2.05, 4.69) is 5.32 Å². The van der Waals surface area contributed by atoms with Gasteiger partial charge in [0.2, 0.25) is 10.0 Å². The monoisotopic (exact) mass is 342 g/mol. The molecule has 0 bridgehead atoms. The van der Waals surface area contributed by atoms with E-state index < -0.39 is 16.1 Å². The van der Waals surface area contributed by atoms with Crippen molar-refractivity contribution in [3.8, 4) is 0 Å². The van der Waals surface area contributed by atoms with Crippen LogP contribution < -0.4 is 9.62 Å². The van der Waals surface area contributed by atoms with Crippen LogP contribution in [0.4, 0.5) is 10.5 Å². The smallest absolute Gasteiger partial charge is 0.407 e. The van der Waals surface area contributed by atoms with Gasteiger partial charge in [0, 0.05) is 6.54 Å². The van der Waals surface area contributed by atoms with E-state index in [0.29, 0.717) is 0 Å². The van der Waals surface area contributed by atoms with Crippen LogP contribution in [0.1, 0.15) is 31.9 Å². The molecule has 1 aromatic rings. The van der Waals surface area contributed by atoms with Crippen LogP contribution >= 0.6 is 0 Å². The number of aryl methyl sites for hydroxylation is 2. The van der Waals surface area contributed by atoms with Gasteiger partial charge in [-0.2, -0.15) is 0 Å². The Bertz CT molecular complexity index is 607. The van der Waals surface area contributed by atoms with E-state index in [0.717, 1.165) is 29.7 Å². The number of anilines is 1. The summed E-state index contributed by atoms with van der Waals surface area (Å²) in [7, 11) is -3.45. The summed E-state index contributed by atoms with van der Waals surface area (Å²) in [6, 6.07) is 5.81. The first-order valence-electron chi connectivity index (χ1n) is 7.84. The second kappa shape index (κ2) is 8.76. The number of nitrogens with one attached hydrogen (secondary N) is 1. The minimum Gasteiger partial charge on any atom is -0.450 e. The molecule has 1 rings (SSSR count). The van der Waals surface area contributed by atoms with Crippen molar-refractivity contribution in [1.29, 1.82) is 0 Å². The van der Waals surface area contributed by atoms with Gasteiger partial charge in [0.1, 0.15) is 0 Å². The summed E-state index contributed by atoms with van der Waals surface area (Å²) < 4.78 is 30.7. The van der Waals surface area contributed by atoms with E-state index in [-0.39, 0.29) is 19.7 Å². The minimum absolute atomic E-state index is 0.168. The van der Waals surface area contributed by atoms with E-state index in [1.807, 2.05) is 32.0 Å². The SMILES string of the molecule is CCOC(=O)NCCN(c1c(CC)cccc1CC)S(C)(=O)=O. The molecule has 7 heteroatoms. The van der Waals surface area contributed by atoms with Gasteiger partial charge in [-0.1, -0.05) is 32.0 Å². The molecule has 0 unspecified atom stereocenters. The predicted octanol–water partition coefficient (Wildman–Crippen LogP) is 2.32. The molecule has 0 radical (unpaired) electrons. The molecule has 0 aliphatic carbocycles. The molecule has 1 N–H and O–H groups in total. The fourth-order valence-electron chi connectivity index (χ4n) is 2.42. The maximum Gasteiger partial charge on any atom is 0.407 e. The van der Waals surface area contributed by atoms with Gasteiger partial charge in [-0.15, -0.1) is 0 Å². The Kier molecular flexibility index (Phi) is 7.35. The van der Waals surface area contributed by atoms with E-state index in [9.17, 15) is 13.2 Å². The van der Waals surface area contributed by atoms with Crippen LogP contribution in [-0.4, -0.2) is 40.5 Å². The van der Waals surface area contributed by atoms with Gasteiger partial charge in [0.25, 0.3) is 0 Å². The molecule has 0 aliphatic rings. The minimum atomic E-state index is -3.45. The first kappa shape index (κ1) is 19.3. The zero-order valence-electron chi connectivity index (χ0n) is 14.3. The van der Waals surface area contributed by atoms with Crippen LogP contribution in [0, 0.1) is 0 Å². The summed E-state index contributed by atoms with van der Waals surface area (Å²) in [6.45, 7) is 6.34. The molecule has 0 aliphatic heterocycles. The highest BCUT2D eigenvalue weighted by Gasteiger charge is 2.22. The molecule has 0 saturated carbocycles. The molecule has 6 nitrogen and oxygen atoms in total. The Morgan fingerprint density at radius 2 is 1.74 bits per heavy atom. The summed E-state index contributed by atoms with van der Waals surface area (Å²) in [6.07, 6.45) is 2.12. The van der Waals surface area contributed by atoms with Crippen molar-refractivity contribution in [2.75, 3.05) is 30.3 Å². The lowest BCUT2D eigenvalue weighted by Gasteiger charge is -2.27. The molecule has 1 amide bonds. The molecule has 0 fully saturated rings. The molecule has 0 heterocycles. The second-order valence-electron chi connectivity index (χ2n) is 5.11. The van der Waals surface area contributed by atoms with Gasteiger partial charge in [0.05, 0.1) is 25.1 Å². The van der Waals surface area contributed by atoms with Gasteiger partial charge in [0.15, 0.2) is 0 Å². The molecule has 0 atom stereocenters. The average Bonchev–Trinajstić information content (AvgIpc) is 2.50. The number of hydrogen-bond donors (Lipinski definition) is 1. The number of alkyl carbamates (subject to hydrolysis) is 1. The number of ether oxygens (including phenoxy) is 1. The van der Waals surface area contributed by atoms with Crippen LogP contribution in [0.2, 0.25) is 0 Å². The average molecular weight is 342 g/mol. The van der Waals surface area contributed by atoms with Crippen molar-refractivity contribution in [3.05, 3.63) is 29.3 Å². The van der Waals surface area contributed by atoms with Crippen LogP contribution in [-0.2, 0) is 27.6 Å². The fraction of sp³-hybridized carbons (Fsp3) is 0.562. The maximum absolute atomic E-state index is 12.3. The lowest BCUT2D eigenvalue weighted by molar-refractivity contribution is 0.152. The Balaban J connectivity index is 3.07. The molecule has 0 saturated heterocycles. The number of benzene rings is 1. The quantitative estimate of drug-likeness (QED) is 0.787. The lowest BCUT2D eigenvalue weighted by Crippen LogP contribution is -2.39. The van der Waals surface area contributed by atoms with E-state index in [1.165, 1.54) is 10.6 Å². The third-order valence-corrected chi connectivity index (χ3v) is 4.64.